The number of hydrogen-bond acceptors (Lipinski definition) is 5. The minimum absolute atomic E-state index is 0.0940. The lowest BCUT2D eigenvalue weighted by Gasteiger charge is -2.34. The van der Waals surface area contributed by atoms with Crippen LogP contribution in [0.1, 0.15) is 18.4 Å². The number of aliphatic hydroxyl groups is 1. The second-order valence-electron chi connectivity index (χ2n) is 8.09. The maximum Gasteiger partial charge on any atom is 0.246 e. The lowest BCUT2D eigenvalue weighted by molar-refractivity contribution is -0.142. The molecule has 3 amide bonds. The number of nitrogens with zero attached hydrogens (tertiary/aromatic N) is 1. The fraction of sp³-hybridized carbons (Fsp3) is 0.571. The summed E-state index contributed by atoms with van der Waals surface area (Å²) >= 11 is 3.60. The molecule has 1 aromatic carbocycles. The Morgan fingerprint density at radius 3 is 2.70 bits per heavy atom. The molecule has 162 valence electrons. The van der Waals surface area contributed by atoms with Crippen molar-refractivity contribution in [1.29, 1.82) is 0 Å². The van der Waals surface area contributed by atoms with Crippen molar-refractivity contribution < 1.29 is 24.2 Å². The maximum absolute atomic E-state index is 13.4. The monoisotopic (exact) mass is 479 g/mol. The maximum atomic E-state index is 13.4. The predicted molar refractivity (Wildman–Crippen MR) is 111 cm³/mol. The fourth-order valence-electron chi connectivity index (χ4n) is 5.26. The quantitative estimate of drug-likeness (QED) is 0.483. The first-order valence-corrected chi connectivity index (χ1v) is 11.1. The zero-order chi connectivity index (χ0) is 21.5. The van der Waals surface area contributed by atoms with Gasteiger partial charge in [0.15, 0.2) is 0 Å². The lowest BCUT2D eigenvalue weighted by Crippen LogP contribution is -2.55. The molecule has 9 heteroatoms. The fourth-order valence-corrected chi connectivity index (χ4v) is 6.20. The number of ether oxygens (including phenoxy) is 1. The summed E-state index contributed by atoms with van der Waals surface area (Å²) in [5, 5.41) is 14.9. The van der Waals surface area contributed by atoms with Gasteiger partial charge >= 0.3 is 0 Å². The third-order valence-corrected chi connectivity index (χ3v) is 7.30. The molecule has 3 saturated heterocycles. The molecule has 2 bridgehead atoms. The molecule has 0 aromatic heterocycles. The van der Waals surface area contributed by atoms with Gasteiger partial charge in [-0.05, 0) is 18.4 Å². The normalized spacial score (nSPS) is 34.2. The SMILES string of the molecule is CNC(=O)[C@H]1[C@H]2C(=O)N(CCCO)C(C(=O)NCc3ccccc3)C23CC(Br)[C@@H]1O3. The van der Waals surface area contributed by atoms with E-state index in [4.69, 9.17) is 4.74 Å². The molecule has 0 radical (unpaired) electrons. The van der Waals surface area contributed by atoms with Crippen LogP contribution in [0.2, 0.25) is 0 Å². The van der Waals surface area contributed by atoms with Gasteiger partial charge in [0, 0.05) is 31.6 Å². The van der Waals surface area contributed by atoms with E-state index in [0.29, 0.717) is 19.4 Å². The number of rotatable bonds is 7. The highest BCUT2D eigenvalue weighted by Gasteiger charge is 2.76. The molecule has 3 fully saturated rings. The van der Waals surface area contributed by atoms with Crippen LogP contribution in [0.4, 0.5) is 0 Å². The molecule has 0 saturated carbocycles. The number of halogens is 1. The highest BCUT2D eigenvalue weighted by Crippen LogP contribution is 2.59. The van der Waals surface area contributed by atoms with Crippen LogP contribution in [0, 0.1) is 11.8 Å². The van der Waals surface area contributed by atoms with E-state index in [-0.39, 0.29) is 35.7 Å². The Morgan fingerprint density at radius 2 is 2.03 bits per heavy atom. The van der Waals surface area contributed by atoms with Crippen molar-refractivity contribution in [1.82, 2.24) is 15.5 Å². The van der Waals surface area contributed by atoms with E-state index in [0.717, 1.165) is 5.56 Å². The van der Waals surface area contributed by atoms with E-state index >= 15 is 0 Å². The van der Waals surface area contributed by atoms with Crippen molar-refractivity contribution in [3.63, 3.8) is 0 Å². The zero-order valence-electron chi connectivity index (χ0n) is 16.7. The van der Waals surface area contributed by atoms with Crippen LogP contribution in [-0.2, 0) is 25.7 Å². The summed E-state index contributed by atoms with van der Waals surface area (Å²) in [5.41, 5.74) is -0.104. The molecule has 4 rings (SSSR count). The van der Waals surface area contributed by atoms with Gasteiger partial charge in [-0.25, -0.2) is 0 Å². The Hall–Kier alpha value is -1.97. The molecule has 3 heterocycles. The number of fused-ring (bicyclic) bond motifs is 1. The van der Waals surface area contributed by atoms with E-state index in [1.54, 1.807) is 0 Å². The number of amides is 3. The summed E-state index contributed by atoms with van der Waals surface area (Å²) in [5.74, 6) is -2.16. The zero-order valence-corrected chi connectivity index (χ0v) is 18.3. The van der Waals surface area contributed by atoms with Crippen LogP contribution >= 0.6 is 15.9 Å². The van der Waals surface area contributed by atoms with Crippen molar-refractivity contribution in [2.75, 3.05) is 20.2 Å². The third kappa shape index (κ3) is 3.23. The minimum atomic E-state index is -1.05. The first-order chi connectivity index (χ1) is 14.4. The van der Waals surface area contributed by atoms with E-state index in [2.05, 4.69) is 26.6 Å². The number of carbonyl (C=O) groups is 3. The van der Waals surface area contributed by atoms with Crippen LogP contribution in [-0.4, -0.2) is 70.5 Å². The Morgan fingerprint density at radius 1 is 1.30 bits per heavy atom. The number of likely N-dealkylation sites (tertiary alicyclic amines) is 1. The summed E-state index contributed by atoms with van der Waals surface area (Å²) in [7, 11) is 1.54. The molecule has 6 atom stereocenters. The van der Waals surface area contributed by atoms with Crippen molar-refractivity contribution in [3.05, 3.63) is 35.9 Å². The molecular formula is C21H26BrN3O5. The van der Waals surface area contributed by atoms with Crippen LogP contribution in [0.3, 0.4) is 0 Å². The number of aliphatic hydroxyl groups excluding tert-OH is 1. The van der Waals surface area contributed by atoms with E-state index in [1.165, 1.54) is 11.9 Å². The molecule has 30 heavy (non-hydrogen) atoms. The number of alkyl halides is 1. The highest BCUT2D eigenvalue weighted by atomic mass is 79.9. The van der Waals surface area contributed by atoms with Crippen LogP contribution in [0.15, 0.2) is 30.3 Å². The predicted octanol–water partition coefficient (Wildman–Crippen LogP) is 0.179. The molecule has 3 N–H and O–H groups in total. The summed E-state index contributed by atoms with van der Waals surface area (Å²) in [6.45, 7) is 0.473. The van der Waals surface area contributed by atoms with Gasteiger partial charge in [0.1, 0.15) is 11.6 Å². The smallest absolute Gasteiger partial charge is 0.246 e. The number of benzene rings is 1. The Balaban J connectivity index is 1.65. The van der Waals surface area contributed by atoms with Crippen molar-refractivity contribution >= 4 is 33.7 Å². The average molecular weight is 480 g/mol. The van der Waals surface area contributed by atoms with E-state index in [9.17, 15) is 19.5 Å². The van der Waals surface area contributed by atoms with Gasteiger partial charge in [0.05, 0.1) is 17.9 Å². The van der Waals surface area contributed by atoms with E-state index < -0.39 is 29.6 Å². The Labute approximate surface area is 183 Å². The van der Waals surface area contributed by atoms with Gasteiger partial charge in [-0.3, -0.25) is 14.4 Å². The molecule has 1 aromatic rings. The number of hydrogen-bond donors (Lipinski definition) is 3. The Bertz CT molecular complexity index is 837. The molecule has 3 aliphatic rings. The molecule has 1 spiro atoms. The number of nitrogens with one attached hydrogen (secondary N) is 2. The Kier molecular flexibility index (Phi) is 5.87. The summed E-state index contributed by atoms with van der Waals surface area (Å²) in [4.78, 5) is 40.7. The van der Waals surface area contributed by atoms with Gasteiger partial charge in [0.2, 0.25) is 17.7 Å². The van der Waals surface area contributed by atoms with Gasteiger partial charge in [-0.15, -0.1) is 0 Å². The van der Waals surface area contributed by atoms with Crippen molar-refractivity contribution in [2.45, 2.75) is 42.0 Å². The van der Waals surface area contributed by atoms with Crippen molar-refractivity contribution in [3.8, 4) is 0 Å². The summed E-state index contributed by atoms with van der Waals surface area (Å²) in [6.07, 6.45) is 0.368. The molecule has 8 nitrogen and oxygen atoms in total. The first-order valence-electron chi connectivity index (χ1n) is 10.2. The number of carbonyl (C=O) groups excluding carboxylic acids is 3. The molecule has 3 unspecified atom stereocenters. The second kappa shape index (κ2) is 8.28. The summed E-state index contributed by atoms with van der Waals surface area (Å²) < 4.78 is 6.30. The highest BCUT2D eigenvalue weighted by molar-refractivity contribution is 9.09. The average Bonchev–Trinajstić information content (AvgIpc) is 3.34. The van der Waals surface area contributed by atoms with E-state index in [1.807, 2.05) is 30.3 Å². The van der Waals surface area contributed by atoms with Crippen LogP contribution in [0.5, 0.6) is 0 Å². The van der Waals surface area contributed by atoms with Crippen LogP contribution < -0.4 is 10.6 Å². The van der Waals surface area contributed by atoms with Gasteiger partial charge in [-0.1, -0.05) is 46.3 Å². The molecule has 3 aliphatic heterocycles. The standard InChI is InChI=1S/C21H26BrN3O5/c1-23-18(27)14-15-20(29)25(8-5-9-26)17(21(15)10-13(22)16(14)30-21)19(28)24-11-12-6-3-2-4-7-12/h2-4,6-7,13-17,26H,5,8-11H2,1H3,(H,23,27)(H,24,28)/t13?,14-,15-,16-,17?,21?/m0/s1. The van der Waals surface area contributed by atoms with Gasteiger partial charge in [-0.2, -0.15) is 0 Å². The van der Waals surface area contributed by atoms with Crippen LogP contribution in [0.25, 0.3) is 0 Å². The second-order valence-corrected chi connectivity index (χ2v) is 9.27. The van der Waals surface area contributed by atoms with Crippen molar-refractivity contribution in [2.24, 2.45) is 11.8 Å². The molecular weight excluding hydrogens is 454 g/mol. The largest absolute Gasteiger partial charge is 0.396 e. The van der Waals surface area contributed by atoms with Gasteiger partial charge in [0.25, 0.3) is 0 Å². The summed E-state index contributed by atoms with van der Waals surface area (Å²) in [6, 6.07) is 8.69. The third-order valence-electron chi connectivity index (χ3n) is 6.45. The lowest BCUT2D eigenvalue weighted by atomic mass is 9.70. The minimum Gasteiger partial charge on any atom is -0.396 e. The topological polar surface area (TPSA) is 108 Å². The van der Waals surface area contributed by atoms with Gasteiger partial charge < -0.3 is 25.4 Å². The first kappa shape index (κ1) is 21.3. The molecule has 0 aliphatic carbocycles.